The minimum Gasteiger partial charge on any atom is -0.372 e. The van der Waals surface area contributed by atoms with Gasteiger partial charge in [-0.1, -0.05) is 6.92 Å². The van der Waals surface area contributed by atoms with Crippen molar-refractivity contribution in [3.8, 4) is 0 Å². The number of imide groups is 1. The zero-order chi connectivity index (χ0) is 17.5. The lowest BCUT2D eigenvalue weighted by atomic mass is 10.1. The largest absolute Gasteiger partial charge is 0.372 e. The molecule has 2 N–H and O–H groups in total. The van der Waals surface area contributed by atoms with Crippen LogP contribution in [0, 0.1) is 0 Å². The van der Waals surface area contributed by atoms with Crippen molar-refractivity contribution in [1.29, 1.82) is 0 Å². The zero-order valence-electron chi connectivity index (χ0n) is 14.2. The molecule has 1 fully saturated rings. The van der Waals surface area contributed by atoms with Crippen LogP contribution in [0.2, 0.25) is 0 Å². The first-order valence-corrected chi connectivity index (χ1v) is 8.28. The Kier molecular flexibility index (Phi) is 6.17. The molecule has 0 spiro atoms. The monoisotopic (exact) mass is 332 g/mol. The summed E-state index contributed by atoms with van der Waals surface area (Å²) in [6, 6.07) is 7.04. The summed E-state index contributed by atoms with van der Waals surface area (Å²) in [5.41, 5.74) is 1.65. The lowest BCUT2D eigenvalue weighted by molar-refractivity contribution is -0.124. The molecule has 1 aliphatic heterocycles. The van der Waals surface area contributed by atoms with E-state index in [1.807, 2.05) is 12.1 Å². The van der Waals surface area contributed by atoms with Crippen molar-refractivity contribution in [3.05, 3.63) is 29.8 Å². The van der Waals surface area contributed by atoms with Crippen LogP contribution in [-0.2, 0) is 4.79 Å². The molecule has 1 saturated heterocycles. The number of nitrogens with zero attached hydrogens (tertiary/aromatic N) is 2. The van der Waals surface area contributed by atoms with Gasteiger partial charge in [0.2, 0.25) is 5.91 Å². The van der Waals surface area contributed by atoms with Gasteiger partial charge in [-0.2, -0.15) is 0 Å². The van der Waals surface area contributed by atoms with Crippen molar-refractivity contribution in [1.82, 2.24) is 15.5 Å². The summed E-state index contributed by atoms with van der Waals surface area (Å²) in [5, 5.41) is 5.17. The van der Waals surface area contributed by atoms with Gasteiger partial charge in [0.25, 0.3) is 5.91 Å². The molecule has 24 heavy (non-hydrogen) atoms. The Morgan fingerprint density at radius 3 is 2.50 bits per heavy atom. The van der Waals surface area contributed by atoms with Crippen LogP contribution in [-0.4, -0.2) is 55.5 Å². The van der Waals surface area contributed by atoms with Gasteiger partial charge in [-0.3, -0.25) is 14.5 Å². The minimum absolute atomic E-state index is 0.0277. The number of carbonyl (C=O) groups is 3. The summed E-state index contributed by atoms with van der Waals surface area (Å²) in [6.45, 7) is 6.58. The molecule has 0 saturated carbocycles. The van der Waals surface area contributed by atoms with E-state index in [1.54, 1.807) is 12.1 Å². The van der Waals surface area contributed by atoms with Gasteiger partial charge in [-0.15, -0.1) is 0 Å². The van der Waals surface area contributed by atoms with Crippen LogP contribution in [0.25, 0.3) is 0 Å². The van der Waals surface area contributed by atoms with Gasteiger partial charge in [-0.05, 0) is 37.6 Å². The van der Waals surface area contributed by atoms with Gasteiger partial charge in [0.15, 0.2) is 0 Å². The first-order chi connectivity index (χ1) is 11.6. The normalized spacial score (nSPS) is 13.8. The third kappa shape index (κ3) is 4.24. The summed E-state index contributed by atoms with van der Waals surface area (Å²) in [4.78, 5) is 38.3. The predicted molar refractivity (Wildman–Crippen MR) is 92.1 cm³/mol. The molecule has 0 aliphatic carbocycles. The van der Waals surface area contributed by atoms with E-state index in [9.17, 15) is 14.4 Å². The van der Waals surface area contributed by atoms with Crippen LogP contribution in [0.5, 0.6) is 0 Å². The van der Waals surface area contributed by atoms with Crippen molar-refractivity contribution in [2.75, 3.05) is 37.6 Å². The number of rotatable bonds is 8. The fraction of sp³-hybridized carbons (Fsp3) is 0.471. The molecule has 130 valence electrons. The van der Waals surface area contributed by atoms with E-state index in [-0.39, 0.29) is 31.4 Å². The number of anilines is 1. The van der Waals surface area contributed by atoms with E-state index in [2.05, 4.69) is 29.4 Å². The van der Waals surface area contributed by atoms with E-state index >= 15 is 0 Å². The van der Waals surface area contributed by atoms with E-state index in [4.69, 9.17) is 0 Å². The average Bonchev–Trinajstić information content (AvgIpc) is 2.91. The molecule has 0 radical (unpaired) electrons. The van der Waals surface area contributed by atoms with Crippen LogP contribution >= 0.6 is 0 Å². The number of hydrogen-bond donors (Lipinski definition) is 2. The molecule has 0 bridgehead atoms. The number of benzene rings is 1. The number of nitrogens with one attached hydrogen (secondary N) is 2. The first kappa shape index (κ1) is 17.8. The molecule has 0 aromatic heterocycles. The molecule has 0 unspecified atom stereocenters. The van der Waals surface area contributed by atoms with E-state index in [0.29, 0.717) is 5.56 Å². The maximum absolute atomic E-state index is 12.1. The van der Waals surface area contributed by atoms with Gasteiger partial charge in [0.1, 0.15) is 0 Å². The molecule has 4 amide bonds. The van der Waals surface area contributed by atoms with E-state index in [0.717, 1.165) is 30.1 Å². The molecule has 1 aliphatic rings. The Morgan fingerprint density at radius 1 is 1.25 bits per heavy atom. The first-order valence-electron chi connectivity index (χ1n) is 8.28. The topological polar surface area (TPSA) is 81.8 Å². The summed E-state index contributed by atoms with van der Waals surface area (Å²) in [6.07, 6.45) is 1.07. The Labute approximate surface area is 142 Å². The molecule has 7 heteroatoms. The Balaban J connectivity index is 1.86. The van der Waals surface area contributed by atoms with Gasteiger partial charge < -0.3 is 15.5 Å². The highest BCUT2D eigenvalue weighted by Gasteiger charge is 2.27. The highest BCUT2D eigenvalue weighted by atomic mass is 16.2. The lowest BCUT2D eigenvalue weighted by Crippen LogP contribution is -2.38. The van der Waals surface area contributed by atoms with Crippen molar-refractivity contribution in [2.45, 2.75) is 20.3 Å². The molecular formula is C17H24N4O3. The summed E-state index contributed by atoms with van der Waals surface area (Å²) < 4.78 is 0. The molecule has 2 rings (SSSR count). The van der Waals surface area contributed by atoms with E-state index in [1.165, 1.54) is 0 Å². The summed E-state index contributed by atoms with van der Waals surface area (Å²) in [5.74, 6) is -0.485. The second kappa shape index (κ2) is 8.33. The lowest BCUT2D eigenvalue weighted by Gasteiger charge is -2.22. The number of urea groups is 1. The molecular weight excluding hydrogens is 308 g/mol. The SMILES string of the molecule is CCCN(CC)c1ccc(C(=O)NCCN2C(=O)CNC2=O)cc1. The Morgan fingerprint density at radius 2 is 1.96 bits per heavy atom. The van der Waals surface area contributed by atoms with Gasteiger partial charge in [0.05, 0.1) is 6.54 Å². The predicted octanol–water partition coefficient (Wildman–Crippen LogP) is 1.20. The Hall–Kier alpha value is -2.57. The maximum Gasteiger partial charge on any atom is 0.324 e. The molecule has 1 aromatic carbocycles. The van der Waals surface area contributed by atoms with Crippen molar-refractivity contribution in [2.24, 2.45) is 0 Å². The van der Waals surface area contributed by atoms with Crippen LogP contribution in [0.3, 0.4) is 0 Å². The van der Waals surface area contributed by atoms with Crippen LogP contribution in [0.15, 0.2) is 24.3 Å². The molecule has 7 nitrogen and oxygen atoms in total. The number of amides is 4. The third-order valence-electron chi connectivity index (χ3n) is 3.93. The second-order valence-corrected chi connectivity index (χ2v) is 5.59. The smallest absolute Gasteiger partial charge is 0.324 e. The van der Waals surface area contributed by atoms with Crippen LogP contribution in [0.4, 0.5) is 10.5 Å². The molecule has 0 atom stereocenters. The number of hydrogen-bond acceptors (Lipinski definition) is 4. The van der Waals surface area contributed by atoms with Crippen LogP contribution in [0.1, 0.15) is 30.6 Å². The highest BCUT2D eigenvalue weighted by Crippen LogP contribution is 2.15. The minimum atomic E-state index is -0.408. The maximum atomic E-state index is 12.1. The Bertz CT molecular complexity index is 584. The van der Waals surface area contributed by atoms with Crippen LogP contribution < -0.4 is 15.5 Å². The summed E-state index contributed by atoms with van der Waals surface area (Å²) in [7, 11) is 0. The summed E-state index contributed by atoms with van der Waals surface area (Å²) >= 11 is 0. The molecule has 1 heterocycles. The third-order valence-corrected chi connectivity index (χ3v) is 3.93. The van der Waals surface area contributed by atoms with Gasteiger partial charge in [0, 0.05) is 37.4 Å². The quantitative estimate of drug-likeness (QED) is 0.701. The zero-order valence-corrected chi connectivity index (χ0v) is 14.2. The number of carbonyl (C=O) groups excluding carboxylic acids is 3. The van der Waals surface area contributed by atoms with E-state index < -0.39 is 6.03 Å². The fourth-order valence-electron chi connectivity index (χ4n) is 2.63. The van der Waals surface area contributed by atoms with Crippen molar-refractivity contribution in [3.63, 3.8) is 0 Å². The van der Waals surface area contributed by atoms with Gasteiger partial charge in [-0.25, -0.2) is 4.79 Å². The molecule has 1 aromatic rings. The second-order valence-electron chi connectivity index (χ2n) is 5.59. The average molecular weight is 332 g/mol. The van der Waals surface area contributed by atoms with Gasteiger partial charge >= 0.3 is 6.03 Å². The fourth-order valence-corrected chi connectivity index (χ4v) is 2.63. The van der Waals surface area contributed by atoms with Crippen molar-refractivity contribution < 1.29 is 14.4 Å². The standard InChI is InChI=1S/C17H24N4O3/c1-3-10-20(4-2)14-7-5-13(6-8-14)16(23)18-9-11-21-15(22)12-19-17(21)24/h5-8H,3-4,9-12H2,1-2H3,(H,18,23)(H,19,24). The van der Waals surface area contributed by atoms with Crippen molar-refractivity contribution >= 4 is 23.5 Å². The highest BCUT2D eigenvalue weighted by molar-refractivity contribution is 6.02.